The second-order valence-electron chi connectivity index (χ2n) is 2.50. The monoisotopic (exact) mass is 134 g/mol. The molecule has 1 fully saturated rings. The summed E-state index contributed by atoms with van der Waals surface area (Å²) in [6.07, 6.45) is 10.5. The van der Waals surface area contributed by atoms with Gasteiger partial charge in [0.2, 0.25) is 0 Å². The first kappa shape index (κ1) is 5.74. The maximum absolute atomic E-state index is 3.11. The van der Waals surface area contributed by atoms with Crippen molar-refractivity contribution < 1.29 is 0 Å². The number of hydrogen-bond acceptors (Lipinski definition) is 2. The van der Waals surface area contributed by atoms with Crippen LogP contribution in [0.3, 0.4) is 0 Å². The van der Waals surface area contributed by atoms with E-state index in [0.717, 1.165) is 6.54 Å². The van der Waals surface area contributed by atoms with Crippen LogP contribution in [0, 0.1) is 5.92 Å². The van der Waals surface area contributed by atoms with Crippen molar-refractivity contribution in [1.82, 2.24) is 10.9 Å². The van der Waals surface area contributed by atoms with Gasteiger partial charge in [0.05, 0.1) is 0 Å². The second-order valence-corrected chi connectivity index (χ2v) is 2.50. The minimum absolute atomic E-state index is 0.551. The Kier molecular flexibility index (Phi) is 1.32. The molecular weight excluding hydrogens is 124 g/mol. The molecule has 0 aromatic rings. The minimum Gasteiger partial charge on any atom is -0.325 e. The molecule has 0 saturated carbocycles. The van der Waals surface area contributed by atoms with E-state index in [2.05, 4.69) is 29.1 Å². The zero-order valence-electron chi connectivity index (χ0n) is 5.67. The Hall–Kier alpha value is -1.02. The lowest BCUT2D eigenvalue weighted by molar-refractivity contribution is 0.707. The van der Waals surface area contributed by atoms with E-state index in [1.165, 1.54) is 5.70 Å². The first-order chi connectivity index (χ1) is 4.97. The number of hydrogen-bond donors (Lipinski definition) is 2. The van der Waals surface area contributed by atoms with Crippen molar-refractivity contribution in [3.63, 3.8) is 0 Å². The molecule has 1 aliphatic carbocycles. The number of rotatable bonds is 0. The van der Waals surface area contributed by atoms with Crippen LogP contribution in [0.5, 0.6) is 0 Å². The fourth-order valence-corrected chi connectivity index (χ4v) is 1.22. The Labute approximate surface area is 60.3 Å². The highest BCUT2D eigenvalue weighted by Gasteiger charge is 2.16. The fraction of sp³-hybridized carbons (Fsp3) is 0.250. The van der Waals surface area contributed by atoms with Gasteiger partial charge in [-0.15, -0.1) is 0 Å². The van der Waals surface area contributed by atoms with Gasteiger partial charge in [-0.25, -0.2) is 5.43 Å². The summed E-state index contributed by atoms with van der Waals surface area (Å²) in [5.41, 5.74) is 7.46. The summed E-state index contributed by atoms with van der Waals surface area (Å²) in [6, 6.07) is 0. The maximum Gasteiger partial charge on any atom is 0.0344 e. The molecule has 1 aliphatic heterocycles. The molecule has 1 heterocycles. The lowest BCUT2D eigenvalue weighted by atomic mass is 10.1. The van der Waals surface area contributed by atoms with E-state index in [1.54, 1.807) is 0 Å². The lowest BCUT2D eigenvalue weighted by Gasteiger charge is -2.00. The molecule has 0 aromatic carbocycles. The molecule has 2 heteroatoms. The molecule has 2 N–H and O–H groups in total. The van der Waals surface area contributed by atoms with Crippen molar-refractivity contribution in [2.45, 2.75) is 0 Å². The topological polar surface area (TPSA) is 24.1 Å². The van der Waals surface area contributed by atoms with Crippen LogP contribution in [0.1, 0.15) is 0 Å². The lowest BCUT2D eigenvalue weighted by Crippen LogP contribution is -2.20. The SMILES string of the molecule is C1=CC=C2NNCC2C=C1. The standard InChI is InChI=1S/C8H10N2/c1-2-4-7-6-9-10-8(7)5-3-1/h1-5,7,9-10H,6H2. The zero-order valence-corrected chi connectivity index (χ0v) is 5.67. The number of nitrogens with one attached hydrogen (secondary N) is 2. The van der Waals surface area contributed by atoms with Crippen molar-refractivity contribution in [1.29, 1.82) is 0 Å². The Bertz CT molecular complexity index is 213. The van der Waals surface area contributed by atoms with Gasteiger partial charge in [0.25, 0.3) is 0 Å². The Morgan fingerprint density at radius 1 is 1.30 bits per heavy atom. The van der Waals surface area contributed by atoms with Gasteiger partial charge in [0, 0.05) is 18.2 Å². The predicted octanol–water partition coefficient (Wildman–Crippen LogP) is 0.720. The molecule has 0 aromatic heterocycles. The molecule has 1 saturated heterocycles. The molecule has 0 spiro atoms. The van der Waals surface area contributed by atoms with Crippen molar-refractivity contribution >= 4 is 0 Å². The number of hydrazine groups is 1. The van der Waals surface area contributed by atoms with Crippen LogP contribution in [-0.4, -0.2) is 6.54 Å². The van der Waals surface area contributed by atoms with E-state index in [4.69, 9.17) is 0 Å². The van der Waals surface area contributed by atoms with Gasteiger partial charge in [-0.2, -0.15) is 0 Å². The first-order valence-corrected chi connectivity index (χ1v) is 3.51. The van der Waals surface area contributed by atoms with Gasteiger partial charge in [-0.05, 0) is 6.08 Å². The van der Waals surface area contributed by atoms with Gasteiger partial charge in [0.1, 0.15) is 0 Å². The first-order valence-electron chi connectivity index (χ1n) is 3.51. The quantitative estimate of drug-likeness (QED) is 0.510. The summed E-state index contributed by atoms with van der Waals surface area (Å²) in [4.78, 5) is 0. The van der Waals surface area contributed by atoms with Crippen molar-refractivity contribution in [2.75, 3.05) is 6.54 Å². The maximum atomic E-state index is 3.11. The summed E-state index contributed by atoms with van der Waals surface area (Å²) >= 11 is 0. The molecule has 10 heavy (non-hydrogen) atoms. The summed E-state index contributed by atoms with van der Waals surface area (Å²) in [6.45, 7) is 1.00. The van der Waals surface area contributed by atoms with Crippen LogP contribution in [-0.2, 0) is 0 Å². The van der Waals surface area contributed by atoms with E-state index in [9.17, 15) is 0 Å². The Morgan fingerprint density at radius 3 is 3.30 bits per heavy atom. The van der Waals surface area contributed by atoms with Crippen LogP contribution < -0.4 is 10.9 Å². The molecule has 2 aliphatic rings. The van der Waals surface area contributed by atoms with Gasteiger partial charge >= 0.3 is 0 Å². The van der Waals surface area contributed by atoms with Crippen LogP contribution in [0.15, 0.2) is 36.1 Å². The Morgan fingerprint density at radius 2 is 2.30 bits per heavy atom. The molecule has 0 radical (unpaired) electrons. The van der Waals surface area contributed by atoms with E-state index < -0.39 is 0 Å². The predicted molar refractivity (Wildman–Crippen MR) is 41.0 cm³/mol. The van der Waals surface area contributed by atoms with Gasteiger partial charge in [-0.3, -0.25) is 0 Å². The van der Waals surface area contributed by atoms with Gasteiger partial charge in [0.15, 0.2) is 0 Å². The normalized spacial score (nSPS) is 28.8. The third kappa shape index (κ3) is 0.866. The van der Waals surface area contributed by atoms with E-state index >= 15 is 0 Å². The molecule has 2 nitrogen and oxygen atoms in total. The third-order valence-electron chi connectivity index (χ3n) is 1.80. The average molecular weight is 134 g/mol. The fourth-order valence-electron chi connectivity index (χ4n) is 1.22. The molecule has 0 bridgehead atoms. The van der Waals surface area contributed by atoms with Crippen molar-refractivity contribution in [3.8, 4) is 0 Å². The summed E-state index contributed by atoms with van der Waals surface area (Å²) < 4.78 is 0. The number of fused-ring (bicyclic) bond motifs is 1. The highest BCUT2D eigenvalue weighted by Crippen LogP contribution is 2.15. The highest BCUT2D eigenvalue weighted by molar-refractivity contribution is 5.27. The molecule has 52 valence electrons. The third-order valence-corrected chi connectivity index (χ3v) is 1.80. The smallest absolute Gasteiger partial charge is 0.0344 e. The second kappa shape index (κ2) is 2.31. The molecule has 0 amide bonds. The van der Waals surface area contributed by atoms with E-state index in [-0.39, 0.29) is 0 Å². The molecular formula is C8H10N2. The van der Waals surface area contributed by atoms with Crippen LogP contribution in [0.4, 0.5) is 0 Å². The summed E-state index contributed by atoms with van der Waals surface area (Å²) in [5.74, 6) is 0.551. The van der Waals surface area contributed by atoms with Gasteiger partial charge in [-0.1, -0.05) is 24.3 Å². The molecule has 1 atom stereocenters. The van der Waals surface area contributed by atoms with Crippen LogP contribution in [0.2, 0.25) is 0 Å². The summed E-state index contributed by atoms with van der Waals surface area (Å²) in [5, 5.41) is 0. The average Bonchev–Trinajstić information content (AvgIpc) is 2.28. The van der Waals surface area contributed by atoms with E-state index in [0.29, 0.717) is 5.92 Å². The minimum atomic E-state index is 0.551. The molecule has 1 unspecified atom stereocenters. The largest absolute Gasteiger partial charge is 0.325 e. The molecule has 2 rings (SSSR count). The van der Waals surface area contributed by atoms with Crippen molar-refractivity contribution in [2.24, 2.45) is 5.92 Å². The van der Waals surface area contributed by atoms with Crippen LogP contribution in [0.25, 0.3) is 0 Å². The number of allylic oxidation sites excluding steroid dienone is 4. The van der Waals surface area contributed by atoms with Gasteiger partial charge < -0.3 is 5.43 Å². The van der Waals surface area contributed by atoms with Crippen molar-refractivity contribution in [3.05, 3.63) is 36.1 Å². The highest BCUT2D eigenvalue weighted by atomic mass is 15.4. The Balaban J connectivity index is 2.29. The van der Waals surface area contributed by atoms with E-state index in [1.807, 2.05) is 12.2 Å². The van der Waals surface area contributed by atoms with Crippen LogP contribution >= 0.6 is 0 Å². The summed E-state index contributed by atoms with van der Waals surface area (Å²) in [7, 11) is 0. The zero-order chi connectivity index (χ0) is 6.81.